The summed E-state index contributed by atoms with van der Waals surface area (Å²) in [5, 5.41) is 18.7. The van der Waals surface area contributed by atoms with Crippen molar-refractivity contribution >= 4 is 71.9 Å². The summed E-state index contributed by atoms with van der Waals surface area (Å²) >= 11 is 9.90. The second-order valence-electron chi connectivity index (χ2n) is 14.9. The molecule has 0 saturated heterocycles. The first kappa shape index (κ1) is 47.5. The summed E-state index contributed by atoms with van der Waals surface area (Å²) in [7, 11) is 0. The van der Waals surface area contributed by atoms with Crippen LogP contribution < -0.4 is 0 Å². The molecule has 0 bridgehead atoms. The van der Waals surface area contributed by atoms with E-state index in [0.717, 1.165) is 30.3 Å². The highest BCUT2D eigenvalue weighted by Crippen LogP contribution is 2.22. The topological polar surface area (TPSA) is 156 Å². The first-order valence-corrected chi connectivity index (χ1v) is 18.4. The van der Waals surface area contributed by atoms with Gasteiger partial charge in [0, 0.05) is 14.3 Å². The first-order chi connectivity index (χ1) is 23.1. The fourth-order valence-corrected chi connectivity index (χ4v) is 4.65. The number of nitriles is 2. The van der Waals surface area contributed by atoms with Gasteiger partial charge in [-0.25, -0.2) is 14.5 Å². The van der Waals surface area contributed by atoms with Gasteiger partial charge in [0.05, 0.1) is 29.8 Å². The van der Waals surface area contributed by atoms with Crippen molar-refractivity contribution in [3.63, 3.8) is 0 Å². The van der Waals surface area contributed by atoms with E-state index in [2.05, 4.69) is 59.9 Å². The van der Waals surface area contributed by atoms with Crippen LogP contribution in [-0.2, 0) is 40.4 Å². The summed E-state index contributed by atoms with van der Waals surface area (Å²) in [6.07, 6.45) is -1.99. The molecule has 2 amide bonds. The van der Waals surface area contributed by atoms with Gasteiger partial charge in [0.15, 0.2) is 0 Å². The van der Waals surface area contributed by atoms with Gasteiger partial charge in [-0.3, -0.25) is 9.59 Å². The largest absolute Gasteiger partial charge is 0.460 e. The Morgan fingerprint density at radius 2 is 0.941 bits per heavy atom. The summed E-state index contributed by atoms with van der Waals surface area (Å²) in [6.45, 7) is 20.6. The van der Waals surface area contributed by atoms with Crippen LogP contribution in [0.5, 0.6) is 0 Å². The lowest BCUT2D eigenvalue weighted by Gasteiger charge is -2.28. The maximum atomic E-state index is 12.5. The molecule has 0 spiro atoms. The molecule has 51 heavy (non-hydrogen) atoms. The number of amides is 2. The van der Waals surface area contributed by atoms with Crippen LogP contribution in [0.2, 0.25) is 0 Å². The number of imide groups is 1. The minimum atomic E-state index is -0.825. The second kappa shape index (κ2) is 20.5. The monoisotopic (exact) mass is 899 g/mol. The van der Waals surface area contributed by atoms with E-state index in [0.29, 0.717) is 11.1 Å². The highest BCUT2D eigenvalue weighted by atomic mass is 79.9. The Bertz CT molecular complexity index is 1550. The molecule has 0 aromatic heterocycles. The molecule has 2 aromatic rings. The zero-order valence-electron chi connectivity index (χ0n) is 31.3. The third-order valence-electron chi connectivity index (χ3n) is 5.21. The Kier molecular flexibility index (Phi) is 19.2. The molecular weight excluding hydrogens is 854 g/mol. The molecule has 2 rings (SSSR count). The van der Waals surface area contributed by atoms with Gasteiger partial charge in [-0.2, -0.15) is 10.5 Å². The van der Waals surface area contributed by atoms with E-state index >= 15 is 0 Å². The van der Waals surface area contributed by atoms with Gasteiger partial charge in [-0.05, 0) is 118 Å². The SMILES string of the molecule is CC(C)(C)OC(=O)CC(=O)OC(C)(C)C.CC(C)(C)OC(=O)N(Cc1ccc(Br)cc1C#N)C(=O)OC(C)(C)C.N#Cc1cc(Br)ccc1CBr. The number of hydrogen-bond donors (Lipinski definition) is 0. The van der Waals surface area contributed by atoms with Crippen molar-refractivity contribution < 1.29 is 38.1 Å². The number of halogens is 3. The van der Waals surface area contributed by atoms with Crippen molar-refractivity contribution in [3.05, 3.63) is 67.6 Å². The lowest BCUT2D eigenvalue weighted by atomic mass is 10.1. The first-order valence-electron chi connectivity index (χ1n) is 15.7. The van der Waals surface area contributed by atoms with Crippen molar-refractivity contribution in [2.45, 2.75) is 124 Å². The summed E-state index contributed by atoms with van der Waals surface area (Å²) in [5.74, 6) is -1.12. The van der Waals surface area contributed by atoms with Crippen LogP contribution in [0.1, 0.15) is 112 Å². The number of ether oxygens (including phenoxy) is 4. The van der Waals surface area contributed by atoms with Crippen molar-refractivity contribution in [2.24, 2.45) is 0 Å². The minimum absolute atomic E-state index is 0.125. The number of benzene rings is 2. The Labute approximate surface area is 327 Å². The maximum Gasteiger partial charge on any atom is 0.420 e. The number of alkyl halides is 1. The molecule has 14 heteroatoms. The van der Waals surface area contributed by atoms with E-state index in [4.69, 9.17) is 24.2 Å². The second-order valence-corrected chi connectivity index (χ2v) is 17.2. The zero-order valence-corrected chi connectivity index (χ0v) is 36.1. The van der Waals surface area contributed by atoms with Crippen molar-refractivity contribution in [1.82, 2.24) is 4.90 Å². The predicted molar refractivity (Wildman–Crippen MR) is 205 cm³/mol. The van der Waals surface area contributed by atoms with Gasteiger partial charge in [0.2, 0.25) is 0 Å². The summed E-state index contributed by atoms with van der Waals surface area (Å²) < 4.78 is 22.2. The fourth-order valence-electron chi connectivity index (χ4n) is 3.44. The molecule has 0 N–H and O–H groups in total. The van der Waals surface area contributed by atoms with Crippen molar-refractivity contribution in [1.29, 1.82) is 10.5 Å². The number of rotatable bonds is 5. The summed E-state index contributed by atoms with van der Waals surface area (Å²) in [6, 6.07) is 14.9. The molecule has 0 atom stereocenters. The molecule has 0 aliphatic heterocycles. The molecule has 0 fully saturated rings. The maximum absolute atomic E-state index is 12.5. The molecule has 0 saturated carbocycles. The highest BCUT2D eigenvalue weighted by molar-refractivity contribution is 9.10. The highest BCUT2D eigenvalue weighted by Gasteiger charge is 2.32. The third kappa shape index (κ3) is 22.2. The van der Waals surface area contributed by atoms with Gasteiger partial charge in [-0.1, -0.05) is 59.9 Å². The Morgan fingerprint density at radius 1 is 0.608 bits per heavy atom. The number of nitrogens with zero attached hydrogens (tertiary/aromatic N) is 3. The van der Waals surface area contributed by atoms with E-state index in [9.17, 15) is 24.4 Å². The van der Waals surface area contributed by atoms with E-state index in [1.54, 1.807) is 101 Å². The van der Waals surface area contributed by atoms with Crippen LogP contribution >= 0.6 is 47.8 Å². The average molecular weight is 903 g/mol. The smallest absolute Gasteiger partial charge is 0.420 e. The van der Waals surface area contributed by atoms with Crippen LogP contribution in [0, 0.1) is 22.7 Å². The standard InChI is InChI=1S/C18H23BrN2O4.C11H20O4.C8H5Br2N/c1-17(2,3)24-15(22)21(16(23)25-18(4,5)6)11-12-7-8-14(19)9-13(12)10-20;1-10(2,3)14-8(12)7-9(13)15-11(4,5)6;9-4-6-1-2-8(10)3-7(6)5-11/h7-9H,11H2,1-6H3;7H2,1-6H3;1-3H,4H2. The van der Waals surface area contributed by atoms with Gasteiger partial charge >= 0.3 is 24.1 Å². The number of carbonyl (C=O) groups excluding carboxylic acids is 4. The molecule has 0 unspecified atom stereocenters. The van der Waals surface area contributed by atoms with Crippen molar-refractivity contribution in [2.75, 3.05) is 0 Å². The van der Waals surface area contributed by atoms with Gasteiger partial charge in [0.1, 0.15) is 28.8 Å². The van der Waals surface area contributed by atoms with Crippen molar-refractivity contribution in [3.8, 4) is 12.1 Å². The molecule has 0 heterocycles. The Balaban J connectivity index is 0.000000813. The molecular formula is C37H48Br3N3O8. The van der Waals surface area contributed by atoms with E-state index < -0.39 is 46.5 Å². The van der Waals surface area contributed by atoms with Crippen LogP contribution in [0.25, 0.3) is 0 Å². The third-order valence-corrected chi connectivity index (χ3v) is 6.80. The van der Waals surface area contributed by atoms with Crippen LogP contribution in [0.3, 0.4) is 0 Å². The minimum Gasteiger partial charge on any atom is -0.460 e. The summed E-state index contributed by atoms with van der Waals surface area (Å²) in [5.41, 5.74) is -0.0662. The lowest BCUT2D eigenvalue weighted by molar-refractivity contribution is -0.166. The fraction of sp³-hybridized carbons (Fsp3) is 0.514. The van der Waals surface area contributed by atoms with Gasteiger partial charge < -0.3 is 18.9 Å². The zero-order chi connectivity index (χ0) is 40.0. The number of carbonyl (C=O) groups is 4. The molecule has 280 valence electrons. The van der Waals surface area contributed by atoms with E-state index in [-0.39, 0.29) is 13.0 Å². The molecule has 0 radical (unpaired) electrons. The number of hydrogen-bond acceptors (Lipinski definition) is 10. The lowest BCUT2D eigenvalue weighted by Crippen LogP contribution is -2.43. The van der Waals surface area contributed by atoms with E-state index in [1.165, 1.54) is 0 Å². The molecule has 0 aliphatic carbocycles. The van der Waals surface area contributed by atoms with Crippen LogP contribution in [0.4, 0.5) is 9.59 Å². The molecule has 0 aliphatic rings. The van der Waals surface area contributed by atoms with Crippen LogP contribution in [0.15, 0.2) is 45.3 Å². The van der Waals surface area contributed by atoms with E-state index in [1.807, 2.05) is 18.2 Å². The normalized spacial score (nSPS) is 11.2. The Morgan fingerprint density at radius 3 is 1.25 bits per heavy atom. The predicted octanol–water partition coefficient (Wildman–Crippen LogP) is 10.3. The summed E-state index contributed by atoms with van der Waals surface area (Å²) in [4.78, 5) is 48.3. The van der Waals surface area contributed by atoms with Gasteiger partial charge in [0.25, 0.3) is 0 Å². The number of esters is 2. The van der Waals surface area contributed by atoms with Crippen LogP contribution in [-0.4, -0.2) is 51.4 Å². The van der Waals surface area contributed by atoms with Gasteiger partial charge in [-0.15, -0.1) is 0 Å². The Hall–Kier alpha value is -3.46. The molecule has 11 nitrogen and oxygen atoms in total. The quantitative estimate of drug-likeness (QED) is 0.122. The molecule has 2 aromatic carbocycles. The average Bonchev–Trinajstić information content (AvgIpc) is 2.92.